The molecule has 0 spiro atoms. The van der Waals surface area contributed by atoms with Crippen LogP contribution in [0.2, 0.25) is 0 Å². The Morgan fingerprint density at radius 2 is 1.89 bits per heavy atom. The first-order chi connectivity index (χ1) is 9.15. The lowest BCUT2D eigenvalue weighted by atomic mass is 9.83. The van der Waals surface area contributed by atoms with E-state index in [0.29, 0.717) is 0 Å². The summed E-state index contributed by atoms with van der Waals surface area (Å²) in [6, 6.07) is 6.22. The summed E-state index contributed by atoms with van der Waals surface area (Å²) in [6.07, 6.45) is 7.88. The van der Waals surface area contributed by atoms with Gasteiger partial charge in [-0.3, -0.25) is 0 Å². The largest absolute Gasteiger partial charge is 0.493 e. The van der Waals surface area contributed by atoms with Crippen LogP contribution in [-0.4, -0.2) is 12.4 Å². The average Bonchev–Trinajstić information content (AvgIpc) is 2.66. The Morgan fingerprint density at radius 3 is 2.53 bits per heavy atom. The molecule has 0 heterocycles. The molecule has 1 fully saturated rings. The van der Waals surface area contributed by atoms with Crippen molar-refractivity contribution in [1.29, 1.82) is 0 Å². The van der Waals surface area contributed by atoms with Crippen LogP contribution in [0.15, 0.2) is 22.7 Å². The maximum absolute atomic E-state index is 6.13. The van der Waals surface area contributed by atoms with Crippen molar-refractivity contribution in [2.75, 3.05) is 12.4 Å². The van der Waals surface area contributed by atoms with Gasteiger partial charge in [-0.05, 0) is 43.2 Å². The van der Waals surface area contributed by atoms with Crippen LogP contribution in [0.4, 0.5) is 0 Å². The third kappa shape index (κ3) is 4.16. The molecular weight excluding hydrogens is 320 g/mol. The van der Waals surface area contributed by atoms with E-state index >= 15 is 0 Å². The standard InChI is InChI=1S/C16H23BrOS/c1-13-6-7-14(17)10-15(13)18-11-16(12-19)8-4-2-3-5-9-16/h6-7,10,19H,2-5,8-9,11-12H2,1H3. The third-order valence-corrected chi connectivity index (χ3v) is 5.35. The van der Waals surface area contributed by atoms with E-state index in [1.807, 2.05) is 0 Å². The first kappa shape index (κ1) is 15.2. The smallest absolute Gasteiger partial charge is 0.123 e. The van der Waals surface area contributed by atoms with Crippen molar-refractivity contribution in [2.24, 2.45) is 5.41 Å². The third-order valence-electron chi connectivity index (χ3n) is 4.18. The van der Waals surface area contributed by atoms with Crippen LogP contribution in [0.25, 0.3) is 0 Å². The highest BCUT2D eigenvalue weighted by Crippen LogP contribution is 2.37. The zero-order chi connectivity index (χ0) is 13.7. The summed E-state index contributed by atoms with van der Waals surface area (Å²) in [5.41, 5.74) is 1.47. The van der Waals surface area contributed by atoms with Gasteiger partial charge in [0.2, 0.25) is 0 Å². The molecule has 1 nitrogen and oxygen atoms in total. The summed E-state index contributed by atoms with van der Waals surface area (Å²) in [5.74, 6) is 1.93. The van der Waals surface area contributed by atoms with Crippen LogP contribution in [0.3, 0.4) is 0 Å². The Labute approximate surface area is 130 Å². The van der Waals surface area contributed by atoms with Gasteiger partial charge in [0.05, 0.1) is 6.61 Å². The predicted molar refractivity (Wildman–Crippen MR) is 88.4 cm³/mol. The maximum atomic E-state index is 6.13. The highest BCUT2D eigenvalue weighted by Gasteiger charge is 2.30. The van der Waals surface area contributed by atoms with Crippen molar-refractivity contribution in [3.05, 3.63) is 28.2 Å². The lowest BCUT2D eigenvalue weighted by Crippen LogP contribution is -2.30. The number of thiol groups is 1. The summed E-state index contributed by atoms with van der Waals surface area (Å²) < 4.78 is 7.21. The normalized spacial score (nSPS) is 18.9. The summed E-state index contributed by atoms with van der Waals surface area (Å²) in [5, 5.41) is 0. The molecule has 0 amide bonds. The molecule has 0 unspecified atom stereocenters. The number of ether oxygens (including phenoxy) is 1. The molecule has 19 heavy (non-hydrogen) atoms. The SMILES string of the molecule is Cc1ccc(Br)cc1OCC1(CS)CCCCCC1. The Morgan fingerprint density at radius 1 is 1.21 bits per heavy atom. The Kier molecular flexibility index (Phi) is 5.64. The summed E-state index contributed by atoms with van der Waals surface area (Å²) in [7, 11) is 0. The average molecular weight is 343 g/mol. The van der Waals surface area contributed by atoms with Gasteiger partial charge in [0.15, 0.2) is 0 Å². The van der Waals surface area contributed by atoms with Gasteiger partial charge in [-0.2, -0.15) is 12.6 Å². The molecule has 1 saturated carbocycles. The van der Waals surface area contributed by atoms with E-state index in [4.69, 9.17) is 4.74 Å². The summed E-state index contributed by atoms with van der Waals surface area (Å²) >= 11 is 8.11. The van der Waals surface area contributed by atoms with Crippen LogP contribution in [0, 0.1) is 12.3 Å². The quantitative estimate of drug-likeness (QED) is 0.568. The number of halogens is 1. The fourth-order valence-corrected chi connectivity index (χ4v) is 3.53. The van der Waals surface area contributed by atoms with Crippen LogP contribution in [-0.2, 0) is 0 Å². The van der Waals surface area contributed by atoms with E-state index in [1.54, 1.807) is 0 Å². The Hall–Kier alpha value is -0.150. The van der Waals surface area contributed by atoms with Crippen molar-refractivity contribution in [3.63, 3.8) is 0 Å². The minimum Gasteiger partial charge on any atom is -0.493 e. The molecule has 3 heteroatoms. The highest BCUT2D eigenvalue weighted by molar-refractivity contribution is 9.10. The van der Waals surface area contributed by atoms with Gasteiger partial charge >= 0.3 is 0 Å². The van der Waals surface area contributed by atoms with E-state index in [1.165, 1.54) is 44.1 Å². The van der Waals surface area contributed by atoms with Gasteiger partial charge < -0.3 is 4.74 Å². The highest BCUT2D eigenvalue weighted by atomic mass is 79.9. The zero-order valence-electron chi connectivity index (χ0n) is 11.6. The van der Waals surface area contributed by atoms with Gasteiger partial charge in [0, 0.05) is 9.89 Å². The zero-order valence-corrected chi connectivity index (χ0v) is 14.1. The van der Waals surface area contributed by atoms with E-state index in [0.717, 1.165) is 22.6 Å². The van der Waals surface area contributed by atoms with Crippen LogP contribution in [0.1, 0.15) is 44.1 Å². The van der Waals surface area contributed by atoms with E-state index < -0.39 is 0 Å². The predicted octanol–water partition coefficient (Wildman–Crippen LogP) is 5.41. The van der Waals surface area contributed by atoms with Crippen molar-refractivity contribution < 1.29 is 4.74 Å². The number of benzene rings is 1. The molecule has 0 N–H and O–H groups in total. The topological polar surface area (TPSA) is 9.23 Å². The number of aryl methyl sites for hydroxylation is 1. The molecule has 1 aliphatic carbocycles. The van der Waals surface area contributed by atoms with Gasteiger partial charge in [0.1, 0.15) is 5.75 Å². The molecule has 0 saturated heterocycles. The second kappa shape index (κ2) is 7.03. The molecular formula is C16H23BrOS. The van der Waals surface area contributed by atoms with Gasteiger partial charge in [-0.25, -0.2) is 0 Å². The molecule has 0 aliphatic heterocycles. The van der Waals surface area contributed by atoms with Crippen LogP contribution >= 0.6 is 28.6 Å². The molecule has 106 valence electrons. The van der Waals surface area contributed by atoms with Gasteiger partial charge in [-0.15, -0.1) is 0 Å². The monoisotopic (exact) mass is 342 g/mol. The fourth-order valence-electron chi connectivity index (χ4n) is 2.79. The summed E-state index contributed by atoms with van der Waals surface area (Å²) in [4.78, 5) is 0. The molecule has 0 bridgehead atoms. The molecule has 1 aliphatic rings. The molecule has 2 rings (SSSR count). The summed E-state index contributed by atoms with van der Waals surface area (Å²) in [6.45, 7) is 2.90. The first-order valence-corrected chi connectivity index (χ1v) is 8.58. The van der Waals surface area contributed by atoms with Gasteiger partial charge in [0.25, 0.3) is 0 Å². The van der Waals surface area contributed by atoms with Crippen molar-refractivity contribution >= 4 is 28.6 Å². The molecule has 0 aromatic heterocycles. The first-order valence-electron chi connectivity index (χ1n) is 7.15. The van der Waals surface area contributed by atoms with Crippen LogP contribution < -0.4 is 4.74 Å². The fraction of sp³-hybridized carbons (Fsp3) is 0.625. The lowest BCUT2D eigenvalue weighted by molar-refractivity contribution is 0.147. The van der Waals surface area contributed by atoms with E-state index in [2.05, 4.69) is 53.7 Å². The molecule has 1 aromatic rings. The number of hydrogen-bond acceptors (Lipinski definition) is 2. The van der Waals surface area contributed by atoms with Crippen molar-refractivity contribution in [3.8, 4) is 5.75 Å². The van der Waals surface area contributed by atoms with Gasteiger partial charge in [-0.1, -0.05) is 47.7 Å². The molecule has 1 aromatic carbocycles. The Balaban J connectivity index is 2.04. The molecule has 0 atom stereocenters. The van der Waals surface area contributed by atoms with E-state index in [-0.39, 0.29) is 5.41 Å². The number of rotatable bonds is 4. The maximum Gasteiger partial charge on any atom is 0.123 e. The van der Waals surface area contributed by atoms with Crippen molar-refractivity contribution in [2.45, 2.75) is 45.4 Å². The lowest BCUT2D eigenvalue weighted by Gasteiger charge is -2.31. The number of hydrogen-bond donors (Lipinski definition) is 1. The molecule has 0 radical (unpaired) electrons. The second-order valence-corrected chi connectivity index (χ2v) is 7.00. The van der Waals surface area contributed by atoms with Crippen LogP contribution in [0.5, 0.6) is 5.75 Å². The Bertz CT molecular complexity index is 411. The van der Waals surface area contributed by atoms with Crippen molar-refractivity contribution in [1.82, 2.24) is 0 Å². The second-order valence-electron chi connectivity index (χ2n) is 5.77. The van der Waals surface area contributed by atoms with E-state index in [9.17, 15) is 0 Å². The minimum absolute atomic E-state index is 0.272. The minimum atomic E-state index is 0.272.